The molecule has 1 aromatic heterocycles. The molecule has 3 nitrogen and oxygen atoms in total. The van der Waals surface area contributed by atoms with Gasteiger partial charge in [0.25, 0.3) is 0 Å². The molecule has 0 aromatic carbocycles. The average molecular weight is 264 g/mol. The molecule has 0 radical (unpaired) electrons. The zero-order valence-electron chi connectivity index (χ0n) is 11.2. The second kappa shape index (κ2) is 5.74. The van der Waals surface area contributed by atoms with Crippen LogP contribution in [0.1, 0.15) is 45.2 Å². The molecular weight excluding hydrogens is 244 g/mol. The van der Waals surface area contributed by atoms with E-state index in [9.17, 15) is 4.79 Å². The Kier molecular flexibility index (Phi) is 4.27. The molecule has 1 aliphatic rings. The third-order valence-electron chi connectivity index (χ3n) is 3.16. The Morgan fingerprint density at radius 3 is 2.83 bits per heavy atom. The van der Waals surface area contributed by atoms with Crippen molar-refractivity contribution in [2.45, 2.75) is 49.9 Å². The van der Waals surface area contributed by atoms with Gasteiger partial charge < -0.3 is 4.90 Å². The number of hydrogen-bond donors (Lipinski definition) is 0. The van der Waals surface area contributed by atoms with E-state index in [2.05, 4.69) is 31.0 Å². The quantitative estimate of drug-likeness (QED) is 0.786. The average Bonchev–Trinajstić information content (AvgIpc) is 2.78. The van der Waals surface area contributed by atoms with E-state index in [4.69, 9.17) is 0 Å². The summed E-state index contributed by atoms with van der Waals surface area (Å²) in [6.45, 7) is 6.85. The highest BCUT2D eigenvalue weighted by Crippen LogP contribution is 2.32. The van der Waals surface area contributed by atoms with Gasteiger partial charge in [0.2, 0.25) is 5.91 Å². The van der Waals surface area contributed by atoms with Crippen LogP contribution in [-0.2, 0) is 4.79 Å². The Balaban J connectivity index is 2.11. The first-order valence-corrected chi connectivity index (χ1v) is 7.35. The lowest BCUT2D eigenvalue weighted by molar-refractivity contribution is -0.129. The Hall–Kier alpha value is -1.03. The smallest absolute Gasteiger partial charge is 0.219 e. The zero-order chi connectivity index (χ0) is 13.1. The summed E-state index contributed by atoms with van der Waals surface area (Å²) in [5.74, 6) is 0.165. The van der Waals surface area contributed by atoms with E-state index in [1.807, 2.05) is 11.1 Å². The number of nitrogens with zero attached hydrogens (tertiary/aromatic N) is 2. The minimum Gasteiger partial charge on any atom is -0.336 e. The van der Waals surface area contributed by atoms with Gasteiger partial charge in [-0.25, -0.2) is 4.98 Å². The molecule has 1 saturated heterocycles. The van der Waals surface area contributed by atoms with Crippen LogP contribution < -0.4 is 0 Å². The maximum atomic E-state index is 11.5. The molecule has 1 aliphatic heterocycles. The highest BCUT2D eigenvalue weighted by Gasteiger charge is 2.27. The minimum atomic E-state index is 0.165. The number of carbonyl (C=O) groups excluding carboxylic acids is 1. The number of carbonyl (C=O) groups is 1. The summed E-state index contributed by atoms with van der Waals surface area (Å²) in [6, 6.07) is 4.41. The molecule has 2 rings (SSSR count). The molecule has 2 heterocycles. The number of hydrogen-bond acceptors (Lipinski definition) is 3. The number of amides is 1. The van der Waals surface area contributed by atoms with Gasteiger partial charge >= 0.3 is 0 Å². The van der Waals surface area contributed by atoms with Crippen molar-refractivity contribution in [2.75, 3.05) is 6.54 Å². The number of likely N-dealkylation sites (tertiary alicyclic amines) is 1. The topological polar surface area (TPSA) is 33.2 Å². The van der Waals surface area contributed by atoms with E-state index in [-0.39, 0.29) is 11.9 Å². The van der Waals surface area contributed by atoms with Gasteiger partial charge in [-0.05, 0) is 24.5 Å². The summed E-state index contributed by atoms with van der Waals surface area (Å²) in [6.07, 6.45) is 4.07. The largest absolute Gasteiger partial charge is 0.336 e. The summed E-state index contributed by atoms with van der Waals surface area (Å²) >= 11 is 1.77. The molecule has 0 aliphatic carbocycles. The third kappa shape index (κ3) is 3.05. The lowest BCUT2D eigenvalue weighted by Crippen LogP contribution is -2.28. The molecule has 0 spiro atoms. The minimum absolute atomic E-state index is 0.165. The molecule has 0 saturated carbocycles. The normalized spacial score (nSPS) is 19.6. The van der Waals surface area contributed by atoms with Crippen molar-refractivity contribution in [1.82, 2.24) is 9.88 Å². The molecule has 18 heavy (non-hydrogen) atoms. The first-order chi connectivity index (χ1) is 8.58. The van der Waals surface area contributed by atoms with Gasteiger partial charge in [0.15, 0.2) is 0 Å². The molecule has 4 heteroatoms. The number of rotatable bonds is 3. The van der Waals surface area contributed by atoms with Crippen LogP contribution in [-0.4, -0.2) is 27.6 Å². The lowest BCUT2D eigenvalue weighted by Gasteiger charge is -2.23. The molecule has 1 amide bonds. The van der Waals surface area contributed by atoms with Crippen LogP contribution >= 0.6 is 11.8 Å². The number of aromatic nitrogens is 1. The number of thioether (sulfide) groups is 1. The molecule has 1 aromatic rings. The van der Waals surface area contributed by atoms with Gasteiger partial charge in [0, 0.05) is 24.9 Å². The highest BCUT2D eigenvalue weighted by atomic mass is 32.2. The Labute approximate surface area is 113 Å². The summed E-state index contributed by atoms with van der Waals surface area (Å²) < 4.78 is 0. The predicted octanol–water partition coefficient (Wildman–Crippen LogP) is 3.27. The Morgan fingerprint density at radius 1 is 1.50 bits per heavy atom. The van der Waals surface area contributed by atoms with E-state index in [0.29, 0.717) is 5.25 Å². The van der Waals surface area contributed by atoms with Crippen molar-refractivity contribution < 1.29 is 4.79 Å². The van der Waals surface area contributed by atoms with Crippen molar-refractivity contribution in [2.24, 2.45) is 0 Å². The first kappa shape index (κ1) is 13.4. The van der Waals surface area contributed by atoms with Crippen LogP contribution in [0, 0.1) is 0 Å². The second-order valence-electron chi connectivity index (χ2n) is 4.97. The number of pyridine rings is 1. The molecule has 0 bridgehead atoms. The Bertz CT molecular complexity index is 416. The molecule has 1 atom stereocenters. The monoisotopic (exact) mass is 264 g/mol. The standard InChI is InChI=1S/C14H20N2OS/c1-10(2)18-14-7-6-12(9-15-14)13-5-4-8-16(13)11(3)17/h6-7,9-10,13H,4-5,8H2,1-3H3/t13-/m0/s1. The highest BCUT2D eigenvalue weighted by molar-refractivity contribution is 7.99. The molecule has 98 valence electrons. The van der Waals surface area contributed by atoms with Crippen molar-refractivity contribution in [3.8, 4) is 0 Å². The fourth-order valence-electron chi connectivity index (χ4n) is 2.39. The SMILES string of the molecule is CC(=O)N1CCC[C@H]1c1ccc(SC(C)C)nc1. The third-order valence-corrected chi connectivity index (χ3v) is 4.11. The van der Waals surface area contributed by atoms with Crippen LogP contribution in [0.3, 0.4) is 0 Å². The predicted molar refractivity (Wildman–Crippen MR) is 74.6 cm³/mol. The van der Waals surface area contributed by atoms with E-state index < -0.39 is 0 Å². The maximum Gasteiger partial charge on any atom is 0.219 e. The van der Waals surface area contributed by atoms with Crippen LogP contribution in [0.25, 0.3) is 0 Å². The fraction of sp³-hybridized carbons (Fsp3) is 0.571. The maximum absolute atomic E-state index is 11.5. The van der Waals surface area contributed by atoms with Crippen LogP contribution in [0.2, 0.25) is 0 Å². The lowest BCUT2D eigenvalue weighted by atomic mass is 10.1. The van der Waals surface area contributed by atoms with Crippen LogP contribution in [0.5, 0.6) is 0 Å². The zero-order valence-corrected chi connectivity index (χ0v) is 12.0. The van der Waals surface area contributed by atoms with Crippen molar-refractivity contribution in [1.29, 1.82) is 0 Å². The van der Waals surface area contributed by atoms with E-state index in [1.54, 1.807) is 18.7 Å². The first-order valence-electron chi connectivity index (χ1n) is 6.47. The van der Waals surface area contributed by atoms with E-state index in [1.165, 1.54) is 0 Å². The van der Waals surface area contributed by atoms with Gasteiger partial charge in [-0.1, -0.05) is 19.9 Å². The van der Waals surface area contributed by atoms with Gasteiger partial charge in [-0.15, -0.1) is 11.8 Å². The molecule has 1 fully saturated rings. The van der Waals surface area contributed by atoms with Gasteiger partial charge in [-0.2, -0.15) is 0 Å². The van der Waals surface area contributed by atoms with Crippen molar-refractivity contribution in [3.63, 3.8) is 0 Å². The van der Waals surface area contributed by atoms with Crippen molar-refractivity contribution in [3.05, 3.63) is 23.9 Å². The Morgan fingerprint density at radius 2 is 2.28 bits per heavy atom. The molecule has 0 unspecified atom stereocenters. The summed E-state index contributed by atoms with van der Waals surface area (Å²) in [5.41, 5.74) is 1.16. The van der Waals surface area contributed by atoms with Gasteiger partial charge in [0.05, 0.1) is 11.1 Å². The van der Waals surface area contributed by atoms with Crippen LogP contribution in [0.15, 0.2) is 23.4 Å². The summed E-state index contributed by atoms with van der Waals surface area (Å²) in [7, 11) is 0. The molecular formula is C14H20N2OS. The summed E-state index contributed by atoms with van der Waals surface area (Å²) in [4.78, 5) is 18.0. The van der Waals surface area contributed by atoms with Gasteiger partial charge in [-0.3, -0.25) is 4.79 Å². The second-order valence-corrected chi connectivity index (χ2v) is 6.56. The summed E-state index contributed by atoms with van der Waals surface area (Å²) in [5, 5.41) is 1.60. The van der Waals surface area contributed by atoms with Crippen molar-refractivity contribution >= 4 is 17.7 Å². The van der Waals surface area contributed by atoms with E-state index >= 15 is 0 Å². The van der Waals surface area contributed by atoms with Gasteiger partial charge in [0.1, 0.15) is 0 Å². The van der Waals surface area contributed by atoms with Crippen LogP contribution in [0.4, 0.5) is 0 Å². The fourth-order valence-corrected chi connectivity index (χ4v) is 3.13. The van der Waals surface area contributed by atoms with E-state index in [0.717, 1.165) is 30.0 Å². The molecule has 0 N–H and O–H groups in total.